The second-order valence-electron chi connectivity index (χ2n) is 4.56. The molecule has 6 nitrogen and oxygen atoms in total. The normalized spacial score (nSPS) is 10.8. The fourth-order valence-electron chi connectivity index (χ4n) is 2.22. The molecule has 2 rings (SSSR count). The zero-order chi connectivity index (χ0) is 14.5. The van der Waals surface area contributed by atoms with Crippen molar-refractivity contribution in [1.82, 2.24) is 14.7 Å². The van der Waals surface area contributed by atoms with Crippen LogP contribution in [0.4, 0.5) is 5.82 Å². The fraction of sp³-hybridized carbons (Fsp3) is 0.429. The molecule has 0 saturated carbocycles. The first-order valence-electron chi connectivity index (χ1n) is 6.73. The molecule has 0 aliphatic heterocycles. The number of anilines is 1. The molecule has 0 aromatic carbocycles. The molecule has 0 radical (unpaired) electrons. The van der Waals surface area contributed by atoms with E-state index in [4.69, 9.17) is 0 Å². The van der Waals surface area contributed by atoms with Crippen molar-refractivity contribution in [3.8, 4) is 0 Å². The summed E-state index contributed by atoms with van der Waals surface area (Å²) in [7, 11) is 1.61. The molecule has 2 N–H and O–H groups in total. The molecule has 0 atom stereocenters. The highest BCUT2D eigenvalue weighted by Gasteiger charge is 2.18. The van der Waals surface area contributed by atoms with Gasteiger partial charge in [0.25, 0.3) is 0 Å². The maximum absolute atomic E-state index is 11.6. The third-order valence-electron chi connectivity index (χ3n) is 3.16. The summed E-state index contributed by atoms with van der Waals surface area (Å²) in [6, 6.07) is 5.67. The van der Waals surface area contributed by atoms with Gasteiger partial charge in [-0.3, -0.25) is 9.20 Å². The van der Waals surface area contributed by atoms with Crippen LogP contribution in [0.1, 0.15) is 19.0 Å². The molecular formula is C14H20N4O2. The van der Waals surface area contributed by atoms with Gasteiger partial charge in [0.05, 0.1) is 18.8 Å². The van der Waals surface area contributed by atoms with E-state index in [1.165, 1.54) is 0 Å². The first-order chi connectivity index (χ1) is 9.71. The highest BCUT2D eigenvalue weighted by Crippen LogP contribution is 2.22. The van der Waals surface area contributed by atoms with Crippen LogP contribution in [-0.2, 0) is 11.4 Å². The second kappa shape index (κ2) is 6.38. The standard InChI is InChI=1S/C14H20N4O2/c1-3-7-17(9-13(20)15-2)14-11(10-19)18-8-5-4-6-12(18)16-14/h4-6,8,19H,3,7,9-10H2,1-2H3,(H,15,20). The molecule has 1 amide bonds. The molecule has 0 bridgehead atoms. The number of aromatic nitrogens is 2. The molecule has 0 unspecified atom stereocenters. The van der Waals surface area contributed by atoms with Gasteiger partial charge >= 0.3 is 0 Å². The Morgan fingerprint density at radius 1 is 1.50 bits per heavy atom. The minimum Gasteiger partial charge on any atom is -0.390 e. The SMILES string of the molecule is CCCN(CC(=O)NC)c1nc2ccccn2c1CO. The molecule has 20 heavy (non-hydrogen) atoms. The monoisotopic (exact) mass is 276 g/mol. The first kappa shape index (κ1) is 14.3. The number of amides is 1. The number of nitrogens with zero attached hydrogens (tertiary/aromatic N) is 3. The van der Waals surface area contributed by atoms with E-state index in [2.05, 4.69) is 10.3 Å². The second-order valence-corrected chi connectivity index (χ2v) is 4.56. The highest BCUT2D eigenvalue weighted by molar-refractivity contribution is 5.81. The van der Waals surface area contributed by atoms with Gasteiger partial charge in [-0.1, -0.05) is 13.0 Å². The van der Waals surface area contributed by atoms with E-state index in [0.717, 1.165) is 12.1 Å². The number of fused-ring (bicyclic) bond motifs is 1. The van der Waals surface area contributed by atoms with Crippen LogP contribution in [0.2, 0.25) is 0 Å². The van der Waals surface area contributed by atoms with Crippen LogP contribution in [0.3, 0.4) is 0 Å². The molecule has 6 heteroatoms. The van der Waals surface area contributed by atoms with Crippen molar-refractivity contribution < 1.29 is 9.90 Å². The van der Waals surface area contributed by atoms with Crippen molar-refractivity contribution in [1.29, 1.82) is 0 Å². The van der Waals surface area contributed by atoms with E-state index in [0.29, 0.717) is 18.1 Å². The Hall–Kier alpha value is -2.08. The van der Waals surface area contributed by atoms with Gasteiger partial charge in [-0.2, -0.15) is 0 Å². The molecule has 0 saturated heterocycles. The molecule has 0 fully saturated rings. The number of rotatable bonds is 6. The number of nitrogens with one attached hydrogen (secondary N) is 1. The molecule has 0 aliphatic rings. The topological polar surface area (TPSA) is 69.9 Å². The minimum absolute atomic E-state index is 0.0700. The third kappa shape index (κ3) is 2.75. The van der Waals surface area contributed by atoms with E-state index in [1.807, 2.05) is 40.6 Å². The first-order valence-corrected chi connectivity index (χ1v) is 6.73. The van der Waals surface area contributed by atoms with Crippen molar-refractivity contribution in [2.75, 3.05) is 25.0 Å². The van der Waals surface area contributed by atoms with Crippen molar-refractivity contribution in [2.45, 2.75) is 20.0 Å². The Balaban J connectivity index is 2.43. The lowest BCUT2D eigenvalue weighted by atomic mass is 10.3. The van der Waals surface area contributed by atoms with Crippen LogP contribution in [0.5, 0.6) is 0 Å². The van der Waals surface area contributed by atoms with Gasteiger partial charge in [0.2, 0.25) is 5.91 Å². The zero-order valence-electron chi connectivity index (χ0n) is 11.8. The molecule has 2 heterocycles. The molecule has 0 aliphatic carbocycles. The number of likely N-dealkylation sites (N-methyl/N-ethyl adjacent to an activating group) is 1. The summed E-state index contributed by atoms with van der Waals surface area (Å²) in [6.07, 6.45) is 2.76. The van der Waals surface area contributed by atoms with Crippen molar-refractivity contribution in [3.05, 3.63) is 30.1 Å². The summed E-state index contributed by atoms with van der Waals surface area (Å²) >= 11 is 0. The van der Waals surface area contributed by atoms with Gasteiger partial charge in [0.15, 0.2) is 5.82 Å². The number of hydrogen-bond donors (Lipinski definition) is 2. The largest absolute Gasteiger partial charge is 0.390 e. The average molecular weight is 276 g/mol. The highest BCUT2D eigenvalue weighted by atomic mass is 16.3. The van der Waals surface area contributed by atoms with Crippen LogP contribution >= 0.6 is 0 Å². The molecule has 0 spiro atoms. The van der Waals surface area contributed by atoms with Gasteiger partial charge in [-0.25, -0.2) is 4.98 Å². The Morgan fingerprint density at radius 3 is 2.95 bits per heavy atom. The smallest absolute Gasteiger partial charge is 0.239 e. The molecule has 108 valence electrons. The molecule has 2 aromatic heterocycles. The summed E-state index contributed by atoms with van der Waals surface area (Å²) in [5, 5.41) is 12.2. The number of imidazole rings is 1. The Kier molecular flexibility index (Phi) is 4.57. The van der Waals surface area contributed by atoms with E-state index < -0.39 is 0 Å². The Labute approximate surface area is 118 Å². The Bertz CT molecular complexity index is 594. The maximum atomic E-state index is 11.6. The summed E-state index contributed by atoms with van der Waals surface area (Å²) in [4.78, 5) is 18.1. The summed E-state index contributed by atoms with van der Waals surface area (Å²) in [6.45, 7) is 2.88. The van der Waals surface area contributed by atoms with Crippen LogP contribution in [0, 0.1) is 0 Å². The van der Waals surface area contributed by atoms with Crippen LogP contribution in [0.25, 0.3) is 5.65 Å². The number of aliphatic hydroxyl groups excluding tert-OH is 1. The van der Waals surface area contributed by atoms with Crippen molar-refractivity contribution >= 4 is 17.4 Å². The number of hydrogen-bond acceptors (Lipinski definition) is 4. The lowest BCUT2D eigenvalue weighted by Gasteiger charge is -2.21. The molecular weight excluding hydrogens is 256 g/mol. The van der Waals surface area contributed by atoms with Crippen LogP contribution in [0.15, 0.2) is 24.4 Å². The summed E-state index contributed by atoms with van der Waals surface area (Å²) in [5.41, 5.74) is 1.47. The van der Waals surface area contributed by atoms with E-state index >= 15 is 0 Å². The number of aliphatic hydroxyl groups is 1. The fourth-order valence-corrected chi connectivity index (χ4v) is 2.22. The third-order valence-corrected chi connectivity index (χ3v) is 3.16. The number of pyridine rings is 1. The van der Waals surface area contributed by atoms with Gasteiger partial charge < -0.3 is 15.3 Å². The number of carbonyl (C=O) groups excluding carboxylic acids is 1. The lowest BCUT2D eigenvalue weighted by molar-refractivity contribution is -0.119. The maximum Gasteiger partial charge on any atom is 0.239 e. The van der Waals surface area contributed by atoms with E-state index in [9.17, 15) is 9.90 Å². The van der Waals surface area contributed by atoms with E-state index in [-0.39, 0.29) is 19.1 Å². The number of carbonyl (C=O) groups is 1. The van der Waals surface area contributed by atoms with Crippen molar-refractivity contribution in [2.24, 2.45) is 0 Å². The zero-order valence-corrected chi connectivity index (χ0v) is 11.8. The van der Waals surface area contributed by atoms with Crippen LogP contribution < -0.4 is 10.2 Å². The lowest BCUT2D eigenvalue weighted by Crippen LogP contribution is -2.36. The van der Waals surface area contributed by atoms with Gasteiger partial charge in [-0.15, -0.1) is 0 Å². The van der Waals surface area contributed by atoms with Gasteiger partial charge in [-0.05, 0) is 18.6 Å². The quantitative estimate of drug-likeness (QED) is 0.818. The predicted molar refractivity (Wildman–Crippen MR) is 77.7 cm³/mol. The minimum atomic E-state index is -0.117. The molecule has 2 aromatic rings. The van der Waals surface area contributed by atoms with Crippen LogP contribution in [-0.4, -0.2) is 40.5 Å². The predicted octanol–water partition coefficient (Wildman–Crippen LogP) is 0.789. The van der Waals surface area contributed by atoms with Gasteiger partial charge in [0, 0.05) is 19.8 Å². The van der Waals surface area contributed by atoms with E-state index in [1.54, 1.807) is 7.05 Å². The van der Waals surface area contributed by atoms with Crippen molar-refractivity contribution in [3.63, 3.8) is 0 Å². The summed E-state index contributed by atoms with van der Waals surface area (Å²) < 4.78 is 1.85. The average Bonchev–Trinajstić information content (AvgIpc) is 2.85. The summed E-state index contributed by atoms with van der Waals surface area (Å²) in [5.74, 6) is 0.601. The van der Waals surface area contributed by atoms with Gasteiger partial charge in [0.1, 0.15) is 5.65 Å². The Morgan fingerprint density at radius 2 is 2.30 bits per heavy atom.